The number of aromatic nitrogens is 3. The summed E-state index contributed by atoms with van der Waals surface area (Å²) in [7, 11) is 1.64. The van der Waals surface area contributed by atoms with Crippen LogP contribution >= 0.6 is 0 Å². The van der Waals surface area contributed by atoms with Crippen molar-refractivity contribution in [2.45, 2.75) is 59.1 Å². The van der Waals surface area contributed by atoms with E-state index in [4.69, 9.17) is 0 Å². The number of fused-ring (bicyclic) bond motifs is 3. The maximum absolute atomic E-state index is 13.7. The van der Waals surface area contributed by atoms with Crippen molar-refractivity contribution in [2.75, 3.05) is 16.8 Å². The summed E-state index contributed by atoms with van der Waals surface area (Å²) in [5.41, 5.74) is 5.32. The molecule has 0 aromatic carbocycles. The number of hydrogen-bond acceptors (Lipinski definition) is 5. The molecular weight excluding hydrogens is 494 g/mol. The first-order valence-corrected chi connectivity index (χ1v) is 13.7. The number of anilines is 2. The van der Waals surface area contributed by atoms with Gasteiger partial charge in [0.2, 0.25) is 5.91 Å². The van der Waals surface area contributed by atoms with Crippen LogP contribution in [0.5, 0.6) is 0 Å². The van der Waals surface area contributed by atoms with Crippen LogP contribution in [0.15, 0.2) is 35.4 Å². The number of rotatable bonds is 5. The van der Waals surface area contributed by atoms with Crippen LogP contribution in [-0.4, -0.2) is 37.6 Å². The van der Waals surface area contributed by atoms with Crippen molar-refractivity contribution in [3.8, 4) is 11.1 Å². The van der Waals surface area contributed by atoms with Crippen LogP contribution in [-0.2, 0) is 37.8 Å². The van der Waals surface area contributed by atoms with Crippen molar-refractivity contribution < 1.29 is 14.7 Å². The Balaban J connectivity index is 1.22. The van der Waals surface area contributed by atoms with E-state index in [0.717, 1.165) is 32.1 Å². The molecule has 2 amide bonds. The average Bonchev–Trinajstić information content (AvgIpc) is 3.78. The Morgan fingerprint density at radius 2 is 1.97 bits per heavy atom. The molecule has 1 aliphatic heterocycles. The van der Waals surface area contributed by atoms with Crippen LogP contribution in [0.2, 0.25) is 0 Å². The quantitative estimate of drug-likeness (QED) is 0.529. The Kier molecular flexibility index (Phi) is 5.08. The lowest BCUT2D eigenvalue weighted by atomic mass is 9.90. The molecule has 1 atom stereocenters. The molecule has 0 radical (unpaired) electrons. The van der Waals surface area contributed by atoms with Crippen LogP contribution in [0, 0.1) is 16.7 Å². The Morgan fingerprint density at radius 1 is 1.18 bits per heavy atom. The van der Waals surface area contributed by atoms with Gasteiger partial charge >= 0.3 is 0 Å². The molecule has 202 valence electrons. The number of amides is 2. The predicted octanol–water partition coefficient (Wildman–Crippen LogP) is 3.26. The molecule has 3 aromatic heterocycles. The Hall–Kier alpha value is -3.72. The molecule has 7 rings (SSSR count). The number of hydrogen-bond donors (Lipinski definition) is 2. The number of aliphatic hydroxyl groups is 1. The minimum absolute atomic E-state index is 0.0112. The van der Waals surface area contributed by atoms with Crippen LogP contribution in [0.1, 0.15) is 60.4 Å². The lowest BCUT2D eigenvalue weighted by Crippen LogP contribution is -2.41. The standard InChI is InChI=1S/C30H33N5O4/c1-29(2)12-17-11-23-28(39)35(9-8-34(23)24(17)14-29)25-20(16-36)19(4-7-31-25)18-10-22(27(38)33(3)15-18)32-26(37)21-13-30(21)5-6-30/h4,7,10-11,15,21,36H,5-6,8-9,12-14,16H2,1-3H3,(H,32,37). The fraction of sp³-hybridized carbons (Fsp3) is 0.467. The monoisotopic (exact) mass is 527 g/mol. The van der Waals surface area contributed by atoms with Crippen molar-refractivity contribution in [1.29, 1.82) is 0 Å². The van der Waals surface area contributed by atoms with Crippen molar-refractivity contribution >= 4 is 23.3 Å². The summed E-state index contributed by atoms with van der Waals surface area (Å²) in [6, 6.07) is 5.46. The molecule has 2 saturated carbocycles. The van der Waals surface area contributed by atoms with Gasteiger partial charge in [-0.05, 0) is 72.3 Å². The molecule has 4 aliphatic rings. The van der Waals surface area contributed by atoms with Gasteiger partial charge < -0.3 is 19.6 Å². The number of nitrogens with zero attached hydrogens (tertiary/aromatic N) is 4. The first kappa shape index (κ1) is 24.3. The van der Waals surface area contributed by atoms with E-state index in [1.54, 1.807) is 36.5 Å². The van der Waals surface area contributed by atoms with Gasteiger partial charge in [-0.1, -0.05) is 13.8 Å². The van der Waals surface area contributed by atoms with E-state index in [1.807, 2.05) is 6.07 Å². The van der Waals surface area contributed by atoms with Crippen LogP contribution in [0.3, 0.4) is 0 Å². The Labute approximate surface area is 226 Å². The molecule has 2 N–H and O–H groups in total. The lowest BCUT2D eigenvalue weighted by Gasteiger charge is -2.31. The highest BCUT2D eigenvalue weighted by Gasteiger charge is 2.65. The molecule has 0 bridgehead atoms. The maximum Gasteiger partial charge on any atom is 0.276 e. The second-order valence-corrected chi connectivity index (χ2v) is 12.6. The van der Waals surface area contributed by atoms with Crippen LogP contribution in [0.4, 0.5) is 11.5 Å². The van der Waals surface area contributed by atoms with E-state index >= 15 is 0 Å². The van der Waals surface area contributed by atoms with Gasteiger partial charge in [0, 0.05) is 55.3 Å². The third kappa shape index (κ3) is 3.77. The molecule has 1 spiro atoms. The van der Waals surface area contributed by atoms with Crippen LogP contribution in [0.25, 0.3) is 11.1 Å². The minimum Gasteiger partial charge on any atom is -0.392 e. The van der Waals surface area contributed by atoms with E-state index < -0.39 is 0 Å². The van der Waals surface area contributed by atoms with Gasteiger partial charge in [-0.15, -0.1) is 0 Å². The number of aryl methyl sites for hydroxylation is 1. The van der Waals surface area contributed by atoms with Crippen molar-refractivity contribution in [1.82, 2.24) is 14.1 Å². The van der Waals surface area contributed by atoms with Gasteiger partial charge in [0.15, 0.2) is 0 Å². The van der Waals surface area contributed by atoms with Gasteiger partial charge in [-0.2, -0.15) is 0 Å². The average molecular weight is 528 g/mol. The first-order valence-electron chi connectivity index (χ1n) is 13.7. The van der Waals surface area contributed by atoms with E-state index in [-0.39, 0.29) is 46.4 Å². The summed E-state index contributed by atoms with van der Waals surface area (Å²) in [6.07, 6.45) is 8.29. The van der Waals surface area contributed by atoms with Gasteiger partial charge in [0.1, 0.15) is 17.2 Å². The zero-order valence-electron chi connectivity index (χ0n) is 22.6. The smallest absolute Gasteiger partial charge is 0.276 e. The fourth-order valence-electron chi connectivity index (χ4n) is 6.85. The van der Waals surface area contributed by atoms with Crippen LogP contribution < -0.4 is 15.8 Å². The highest BCUT2D eigenvalue weighted by atomic mass is 16.3. The summed E-state index contributed by atoms with van der Waals surface area (Å²) in [5, 5.41) is 13.3. The van der Waals surface area contributed by atoms with Crippen molar-refractivity contribution in [3.05, 3.63) is 63.5 Å². The molecule has 39 heavy (non-hydrogen) atoms. The van der Waals surface area contributed by atoms with E-state index in [0.29, 0.717) is 41.3 Å². The van der Waals surface area contributed by atoms with E-state index in [9.17, 15) is 19.5 Å². The summed E-state index contributed by atoms with van der Waals surface area (Å²) in [4.78, 5) is 45.5. The van der Waals surface area contributed by atoms with Gasteiger partial charge in [-0.25, -0.2) is 4.98 Å². The highest BCUT2D eigenvalue weighted by molar-refractivity contribution is 6.06. The molecule has 3 aromatic rings. The first-order chi connectivity index (χ1) is 18.6. The number of pyridine rings is 2. The van der Waals surface area contributed by atoms with Crippen molar-refractivity contribution in [3.63, 3.8) is 0 Å². The second kappa shape index (κ2) is 8.14. The molecule has 9 nitrogen and oxygen atoms in total. The fourth-order valence-corrected chi connectivity index (χ4v) is 6.85. The Morgan fingerprint density at radius 3 is 2.69 bits per heavy atom. The van der Waals surface area contributed by atoms with E-state index in [2.05, 4.69) is 28.7 Å². The molecular formula is C30H33N5O4. The summed E-state index contributed by atoms with van der Waals surface area (Å²) < 4.78 is 3.59. The third-order valence-corrected chi connectivity index (χ3v) is 9.22. The number of carbonyl (C=O) groups excluding carboxylic acids is 2. The van der Waals surface area contributed by atoms with Gasteiger partial charge in [0.25, 0.3) is 11.5 Å². The molecule has 1 unspecified atom stereocenters. The lowest BCUT2D eigenvalue weighted by molar-refractivity contribution is -0.117. The van der Waals surface area contributed by atoms with Gasteiger partial charge in [0.05, 0.1) is 6.61 Å². The second-order valence-electron chi connectivity index (χ2n) is 12.6. The van der Waals surface area contributed by atoms with Crippen molar-refractivity contribution in [2.24, 2.45) is 23.8 Å². The molecule has 3 aliphatic carbocycles. The number of aliphatic hydroxyl groups excluding tert-OH is 1. The SMILES string of the molecule is Cn1cc(-c2ccnc(N3CCn4c(cc5c4CC(C)(C)C5)C3=O)c2CO)cc(NC(=O)C2CC23CC3)c1=O. The third-order valence-electron chi connectivity index (χ3n) is 9.22. The largest absolute Gasteiger partial charge is 0.392 e. The zero-order valence-corrected chi connectivity index (χ0v) is 22.6. The number of nitrogens with one attached hydrogen (secondary N) is 1. The molecule has 9 heteroatoms. The van der Waals surface area contributed by atoms with Gasteiger partial charge in [-0.3, -0.25) is 19.3 Å². The molecule has 0 saturated heterocycles. The topological polar surface area (TPSA) is 109 Å². The predicted molar refractivity (Wildman–Crippen MR) is 147 cm³/mol. The minimum atomic E-state index is -0.330. The highest BCUT2D eigenvalue weighted by Crippen LogP contribution is 2.70. The summed E-state index contributed by atoms with van der Waals surface area (Å²) in [6.45, 7) is 5.30. The molecule has 2 fully saturated rings. The normalized spacial score (nSPS) is 21.6. The molecule has 4 heterocycles. The zero-order chi connectivity index (χ0) is 27.3. The van der Waals surface area contributed by atoms with E-state index in [1.165, 1.54) is 15.8 Å². The maximum atomic E-state index is 13.7. The number of carbonyl (C=O) groups is 2. The summed E-state index contributed by atoms with van der Waals surface area (Å²) >= 11 is 0. The summed E-state index contributed by atoms with van der Waals surface area (Å²) in [5.74, 6) is 0.181. The Bertz CT molecular complexity index is 1630.